The molecular formula is C25H25BF2N4O5. The summed E-state index contributed by atoms with van der Waals surface area (Å²) < 4.78 is 41.2. The van der Waals surface area contributed by atoms with E-state index in [1.165, 1.54) is 23.8 Å². The maximum absolute atomic E-state index is 15.4. The Bertz CT molecular complexity index is 1500. The second kappa shape index (κ2) is 9.51. The number of benzene rings is 2. The van der Waals surface area contributed by atoms with Gasteiger partial charge in [0.15, 0.2) is 0 Å². The van der Waals surface area contributed by atoms with Gasteiger partial charge in [-0.15, -0.1) is 0 Å². The Hall–Kier alpha value is -3.93. The van der Waals surface area contributed by atoms with Gasteiger partial charge in [-0.25, -0.2) is 13.6 Å². The minimum Gasteiger partial charge on any atom is -0.462 e. The number of halogens is 2. The van der Waals surface area contributed by atoms with Crippen molar-refractivity contribution in [2.24, 2.45) is 5.73 Å². The van der Waals surface area contributed by atoms with E-state index in [1.54, 1.807) is 11.8 Å². The molecule has 3 aromatic rings. The van der Waals surface area contributed by atoms with E-state index < -0.39 is 40.1 Å². The quantitative estimate of drug-likeness (QED) is 0.290. The molecule has 1 aliphatic heterocycles. The zero-order valence-electron chi connectivity index (χ0n) is 20.6. The number of nitrogen functional groups attached to an aromatic ring is 1. The monoisotopic (exact) mass is 510 g/mol. The molecule has 0 atom stereocenters. The zero-order valence-corrected chi connectivity index (χ0v) is 20.6. The van der Waals surface area contributed by atoms with Crippen molar-refractivity contribution in [1.82, 2.24) is 4.57 Å². The predicted molar refractivity (Wildman–Crippen MR) is 135 cm³/mol. The molecule has 2 aromatic carbocycles. The molecule has 0 aliphatic carbocycles. The molecule has 1 aromatic heterocycles. The SMILES string of the molecule is [B]c1c(N2CC(C)(N)C2)c(F)cc2c(=O)c(C(=O)OCC)cn(-c3cc(N)c(F)cc3COC(C)=O)c12. The van der Waals surface area contributed by atoms with E-state index in [-0.39, 0.29) is 52.2 Å². The van der Waals surface area contributed by atoms with Gasteiger partial charge in [-0.2, -0.15) is 0 Å². The molecule has 0 amide bonds. The van der Waals surface area contributed by atoms with Gasteiger partial charge in [0.1, 0.15) is 31.7 Å². The molecule has 0 saturated carbocycles. The van der Waals surface area contributed by atoms with E-state index in [1.807, 2.05) is 6.92 Å². The minimum absolute atomic E-state index is 0.0141. The van der Waals surface area contributed by atoms with Crippen LogP contribution in [-0.4, -0.2) is 49.6 Å². The third kappa shape index (κ3) is 4.76. The number of rotatable bonds is 6. The van der Waals surface area contributed by atoms with Crippen LogP contribution in [0.5, 0.6) is 0 Å². The summed E-state index contributed by atoms with van der Waals surface area (Å²) in [5, 5.41) is -0.207. The van der Waals surface area contributed by atoms with Gasteiger partial charge in [0.25, 0.3) is 0 Å². The van der Waals surface area contributed by atoms with E-state index in [4.69, 9.17) is 28.8 Å². The molecular weight excluding hydrogens is 485 g/mol. The topological polar surface area (TPSA) is 130 Å². The largest absolute Gasteiger partial charge is 0.462 e. The highest BCUT2D eigenvalue weighted by Gasteiger charge is 2.37. The predicted octanol–water partition coefficient (Wildman–Crippen LogP) is 1.42. The van der Waals surface area contributed by atoms with Crippen LogP contribution in [0.15, 0.2) is 29.2 Å². The van der Waals surface area contributed by atoms with Crippen molar-refractivity contribution in [3.63, 3.8) is 0 Å². The lowest BCUT2D eigenvalue weighted by Crippen LogP contribution is -2.66. The van der Waals surface area contributed by atoms with Crippen LogP contribution in [0, 0.1) is 11.6 Å². The average Bonchev–Trinajstić information content (AvgIpc) is 2.79. The van der Waals surface area contributed by atoms with Crippen LogP contribution >= 0.6 is 0 Å². The molecule has 12 heteroatoms. The summed E-state index contributed by atoms with van der Waals surface area (Å²) in [5.74, 6) is -3.11. The number of nitrogens with two attached hydrogens (primary N) is 2. The fourth-order valence-electron chi connectivity index (χ4n) is 4.47. The number of nitrogens with zero attached hydrogens (tertiary/aromatic N) is 2. The third-order valence-corrected chi connectivity index (χ3v) is 6.06. The molecule has 0 spiro atoms. The second-order valence-corrected chi connectivity index (χ2v) is 9.27. The van der Waals surface area contributed by atoms with Crippen LogP contribution in [0.2, 0.25) is 0 Å². The average molecular weight is 510 g/mol. The third-order valence-electron chi connectivity index (χ3n) is 6.06. The molecule has 1 saturated heterocycles. The Labute approximate surface area is 212 Å². The molecule has 4 rings (SSSR count). The number of ether oxygens (including phenoxy) is 2. The Morgan fingerprint density at radius 1 is 1.16 bits per heavy atom. The van der Waals surface area contributed by atoms with Crippen molar-refractivity contribution in [3.8, 4) is 5.69 Å². The number of carbonyl (C=O) groups is 2. The van der Waals surface area contributed by atoms with Crippen molar-refractivity contribution >= 4 is 47.5 Å². The zero-order chi connectivity index (χ0) is 27.2. The number of esters is 2. The first-order chi connectivity index (χ1) is 17.3. The summed E-state index contributed by atoms with van der Waals surface area (Å²) >= 11 is 0. The van der Waals surface area contributed by atoms with Crippen LogP contribution in [0.4, 0.5) is 20.2 Å². The molecule has 37 heavy (non-hydrogen) atoms. The van der Waals surface area contributed by atoms with E-state index in [0.717, 1.165) is 12.1 Å². The fraction of sp³-hybridized carbons (Fsp3) is 0.320. The summed E-state index contributed by atoms with van der Waals surface area (Å²) in [4.78, 5) is 39.0. The summed E-state index contributed by atoms with van der Waals surface area (Å²) in [6.45, 7) is 4.82. The van der Waals surface area contributed by atoms with Crippen molar-refractivity contribution in [3.05, 3.63) is 57.4 Å². The Kier molecular flexibility index (Phi) is 6.72. The lowest BCUT2D eigenvalue weighted by molar-refractivity contribution is -0.142. The molecule has 2 heterocycles. The highest BCUT2D eigenvalue weighted by Crippen LogP contribution is 2.31. The highest BCUT2D eigenvalue weighted by atomic mass is 19.1. The van der Waals surface area contributed by atoms with Crippen molar-refractivity contribution in [2.45, 2.75) is 32.9 Å². The second-order valence-electron chi connectivity index (χ2n) is 9.27. The van der Waals surface area contributed by atoms with Gasteiger partial charge < -0.3 is 30.4 Å². The summed E-state index contributed by atoms with van der Waals surface area (Å²) in [6, 6.07) is 3.31. The number of fused-ring (bicyclic) bond motifs is 1. The first-order valence-electron chi connectivity index (χ1n) is 11.4. The van der Waals surface area contributed by atoms with Crippen molar-refractivity contribution in [2.75, 3.05) is 30.3 Å². The maximum atomic E-state index is 15.4. The fourth-order valence-corrected chi connectivity index (χ4v) is 4.47. The first-order valence-corrected chi connectivity index (χ1v) is 11.4. The van der Waals surface area contributed by atoms with Gasteiger partial charge in [0, 0.05) is 42.7 Å². The lowest BCUT2D eigenvalue weighted by atomic mass is 9.85. The standard InChI is InChI=1S/C25H25BF2N4O5/c1-4-36-24(35)15-8-32(19-7-18(29)16(27)5-13(19)9-37-12(2)33)21-14(23(15)34)6-17(28)22(20(21)26)31-10-25(3,30)11-31/h5-8H,4,9-11,29-30H2,1-3H3. The number of aromatic nitrogens is 1. The van der Waals surface area contributed by atoms with Crippen LogP contribution in [0.25, 0.3) is 16.6 Å². The molecule has 2 radical (unpaired) electrons. The van der Waals surface area contributed by atoms with Gasteiger partial charge in [-0.1, -0.05) is 0 Å². The van der Waals surface area contributed by atoms with Gasteiger partial charge >= 0.3 is 11.9 Å². The minimum atomic E-state index is -0.940. The van der Waals surface area contributed by atoms with E-state index in [2.05, 4.69) is 0 Å². The number of hydrogen-bond donors (Lipinski definition) is 2. The van der Waals surface area contributed by atoms with Gasteiger partial charge in [0.05, 0.1) is 29.2 Å². The summed E-state index contributed by atoms with van der Waals surface area (Å²) in [5.41, 5.74) is 10.2. The highest BCUT2D eigenvalue weighted by molar-refractivity contribution is 6.42. The Morgan fingerprint density at radius 3 is 2.43 bits per heavy atom. The molecule has 0 unspecified atom stereocenters. The van der Waals surface area contributed by atoms with Crippen molar-refractivity contribution in [1.29, 1.82) is 0 Å². The normalized spacial score (nSPS) is 14.4. The maximum Gasteiger partial charge on any atom is 0.343 e. The van der Waals surface area contributed by atoms with E-state index in [0.29, 0.717) is 13.1 Å². The smallest absolute Gasteiger partial charge is 0.343 e. The summed E-state index contributed by atoms with van der Waals surface area (Å²) in [6.07, 6.45) is 1.17. The van der Waals surface area contributed by atoms with Crippen LogP contribution in [0.1, 0.15) is 36.7 Å². The summed E-state index contributed by atoms with van der Waals surface area (Å²) in [7, 11) is 6.46. The molecule has 9 nitrogen and oxygen atoms in total. The number of anilines is 2. The Balaban J connectivity index is 2.08. The van der Waals surface area contributed by atoms with E-state index in [9.17, 15) is 18.8 Å². The lowest BCUT2D eigenvalue weighted by Gasteiger charge is -2.47. The van der Waals surface area contributed by atoms with Gasteiger partial charge in [-0.3, -0.25) is 9.59 Å². The number of pyridine rings is 1. The van der Waals surface area contributed by atoms with Crippen LogP contribution in [0.3, 0.4) is 0 Å². The Morgan fingerprint density at radius 2 is 1.84 bits per heavy atom. The van der Waals surface area contributed by atoms with Crippen LogP contribution in [-0.2, 0) is 20.9 Å². The first kappa shape index (κ1) is 26.1. The van der Waals surface area contributed by atoms with Crippen LogP contribution < -0.4 is 27.3 Å². The molecule has 1 fully saturated rings. The van der Waals surface area contributed by atoms with E-state index >= 15 is 4.39 Å². The molecule has 1 aliphatic rings. The van der Waals surface area contributed by atoms with Crippen molar-refractivity contribution < 1.29 is 27.8 Å². The molecule has 0 bridgehead atoms. The van der Waals surface area contributed by atoms with Gasteiger partial charge in [0.2, 0.25) is 5.43 Å². The van der Waals surface area contributed by atoms with Gasteiger partial charge in [-0.05, 0) is 37.5 Å². The molecule has 192 valence electrons. The number of carbonyl (C=O) groups excluding carboxylic acids is 2. The number of hydrogen-bond acceptors (Lipinski definition) is 8. The molecule has 4 N–H and O–H groups in total.